The Bertz CT molecular complexity index is 609. The molecule has 1 fully saturated rings. The number of hydrogen-bond donors (Lipinski definition) is 0. The lowest BCUT2D eigenvalue weighted by atomic mass is 10.1. The van der Waals surface area contributed by atoms with Crippen molar-refractivity contribution in [1.82, 2.24) is 0 Å². The van der Waals surface area contributed by atoms with Gasteiger partial charge in [0.2, 0.25) is 0 Å². The van der Waals surface area contributed by atoms with Crippen LogP contribution in [0.15, 0.2) is 18.2 Å². The molecule has 1 aromatic rings. The summed E-state index contributed by atoms with van der Waals surface area (Å²) in [4.78, 5) is 12.1. The smallest absolute Gasteiger partial charge is 0.310 e. The van der Waals surface area contributed by atoms with Gasteiger partial charge in [-0.3, -0.25) is 4.79 Å². The molecule has 0 unspecified atom stereocenters. The number of rotatable bonds is 4. The van der Waals surface area contributed by atoms with E-state index in [2.05, 4.69) is 0 Å². The molecule has 0 saturated heterocycles. The summed E-state index contributed by atoms with van der Waals surface area (Å²) in [6.45, 7) is 6.60. The van der Waals surface area contributed by atoms with Gasteiger partial charge in [-0.25, -0.2) is 13.2 Å². The second kappa shape index (κ2) is 5.78. The van der Waals surface area contributed by atoms with Gasteiger partial charge in [0.05, 0.1) is 5.92 Å². The lowest BCUT2D eigenvalue weighted by Crippen LogP contribution is -2.13. The predicted molar refractivity (Wildman–Crippen MR) is 76.4 cm³/mol. The van der Waals surface area contributed by atoms with E-state index in [-0.39, 0.29) is 28.4 Å². The van der Waals surface area contributed by atoms with Crippen molar-refractivity contribution in [3.8, 4) is 0 Å². The number of carbonyl (C=O) groups is 1. The fourth-order valence-electron chi connectivity index (χ4n) is 2.83. The molecule has 2 nitrogen and oxygen atoms in total. The molecule has 0 spiro atoms. The molecule has 0 aliphatic heterocycles. The molecule has 0 aromatic heterocycles. The van der Waals surface area contributed by atoms with E-state index in [9.17, 15) is 18.0 Å². The van der Waals surface area contributed by atoms with Crippen LogP contribution in [-0.2, 0) is 16.1 Å². The highest BCUT2D eigenvalue weighted by Crippen LogP contribution is 2.59. The summed E-state index contributed by atoms with van der Waals surface area (Å²) in [5.74, 6) is -4.04. The highest BCUT2D eigenvalue weighted by Gasteiger charge is 2.61. The van der Waals surface area contributed by atoms with Crippen molar-refractivity contribution in [2.45, 2.75) is 34.3 Å². The number of esters is 1. The Morgan fingerprint density at radius 3 is 2.55 bits per heavy atom. The first-order valence-corrected chi connectivity index (χ1v) is 7.14. The summed E-state index contributed by atoms with van der Waals surface area (Å²) in [6.07, 6.45) is 3.80. The Balaban J connectivity index is 2.10. The summed E-state index contributed by atoms with van der Waals surface area (Å²) in [5.41, 5.74) is -0.525. The predicted octanol–water partition coefficient (Wildman–Crippen LogP) is 4.30. The SMILES string of the molecule is CC=C[C@@H]1[C@@H](C(=O)OCc2c(C)c(F)cc(F)c2F)C1(C)C. The van der Waals surface area contributed by atoms with E-state index in [0.29, 0.717) is 6.07 Å². The van der Waals surface area contributed by atoms with Crippen LogP contribution in [0.3, 0.4) is 0 Å². The number of halogens is 3. The summed E-state index contributed by atoms with van der Waals surface area (Å²) in [7, 11) is 0. The fourth-order valence-corrected chi connectivity index (χ4v) is 2.83. The summed E-state index contributed by atoms with van der Waals surface area (Å²) in [6, 6.07) is 0.488. The third-order valence-corrected chi connectivity index (χ3v) is 4.46. The first-order chi connectivity index (χ1) is 10.2. The van der Waals surface area contributed by atoms with E-state index < -0.39 is 30.0 Å². The molecule has 1 aliphatic rings. The van der Waals surface area contributed by atoms with Crippen molar-refractivity contribution in [3.05, 3.63) is 46.8 Å². The molecule has 0 radical (unpaired) electrons. The zero-order valence-electron chi connectivity index (χ0n) is 13.0. The molecular weight excluding hydrogens is 293 g/mol. The Morgan fingerprint density at radius 2 is 1.95 bits per heavy atom. The van der Waals surface area contributed by atoms with Crippen molar-refractivity contribution in [2.75, 3.05) is 0 Å². The Morgan fingerprint density at radius 1 is 1.32 bits per heavy atom. The molecule has 2 rings (SSSR count). The van der Waals surface area contributed by atoms with Gasteiger partial charge in [0.25, 0.3) is 0 Å². The van der Waals surface area contributed by atoms with Gasteiger partial charge in [-0.15, -0.1) is 0 Å². The van der Waals surface area contributed by atoms with E-state index in [0.717, 1.165) is 0 Å². The zero-order valence-corrected chi connectivity index (χ0v) is 13.0. The molecule has 0 N–H and O–H groups in total. The average Bonchev–Trinajstić information content (AvgIpc) is 2.98. The molecule has 0 amide bonds. The third-order valence-electron chi connectivity index (χ3n) is 4.46. The van der Waals surface area contributed by atoms with Gasteiger partial charge in [0, 0.05) is 11.6 Å². The van der Waals surface area contributed by atoms with Crippen LogP contribution in [0.2, 0.25) is 0 Å². The van der Waals surface area contributed by atoms with Gasteiger partial charge >= 0.3 is 5.97 Å². The van der Waals surface area contributed by atoms with Crippen molar-refractivity contribution < 1.29 is 22.7 Å². The summed E-state index contributed by atoms with van der Waals surface area (Å²) in [5, 5.41) is 0. The second-order valence-corrected chi connectivity index (χ2v) is 6.22. The molecule has 0 heterocycles. The molecule has 2 atom stereocenters. The number of hydrogen-bond acceptors (Lipinski definition) is 2. The largest absolute Gasteiger partial charge is 0.460 e. The van der Waals surface area contributed by atoms with E-state index in [1.54, 1.807) is 0 Å². The van der Waals surface area contributed by atoms with Crippen LogP contribution in [0, 0.1) is 41.6 Å². The molecule has 1 aliphatic carbocycles. The minimum absolute atomic E-state index is 0.0493. The molecule has 0 bridgehead atoms. The maximum atomic E-state index is 13.7. The molecule has 5 heteroatoms. The van der Waals surface area contributed by atoms with Gasteiger partial charge in [0.15, 0.2) is 11.6 Å². The Kier molecular flexibility index (Phi) is 4.36. The maximum absolute atomic E-state index is 13.7. The minimum Gasteiger partial charge on any atom is -0.460 e. The van der Waals surface area contributed by atoms with Gasteiger partial charge < -0.3 is 4.74 Å². The van der Waals surface area contributed by atoms with Crippen LogP contribution in [0.4, 0.5) is 13.2 Å². The Hall–Kier alpha value is -1.78. The molecule has 22 heavy (non-hydrogen) atoms. The molecule has 1 aromatic carbocycles. The van der Waals surface area contributed by atoms with E-state index in [1.165, 1.54) is 6.92 Å². The quantitative estimate of drug-likeness (QED) is 0.470. The topological polar surface area (TPSA) is 26.3 Å². The number of carbonyl (C=O) groups excluding carboxylic acids is 1. The summed E-state index contributed by atoms with van der Waals surface area (Å²) >= 11 is 0. The molecular formula is C17H19F3O2. The van der Waals surface area contributed by atoms with E-state index >= 15 is 0 Å². The minimum atomic E-state index is -1.28. The van der Waals surface area contributed by atoms with Crippen LogP contribution >= 0.6 is 0 Å². The number of ether oxygens (including phenoxy) is 1. The highest BCUT2D eigenvalue weighted by atomic mass is 19.2. The molecule has 120 valence electrons. The van der Waals surface area contributed by atoms with Gasteiger partial charge in [-0.05, 0) is 30.7 Å². The van der Waals surface area contributed by atoms with Crippen LogP contribution in [0.1, 0.15) is 31.9 Å². The third kappa shape index (κ3) is 2.76. The molecule has 1 saturated carbocycles. The standard InChI is InChI=1S/C17H19F3O2/c1-5-6-11-14(17(11,3)4)16(21)22-8-10-9(2)12(18)7-13(19)15(10)20/h5-7,11,14H,8H2,1-4H3/t11-,14+/m1/s1. The van der Waals surface area contributed by atoms with Crippen molar-refractivity contribution in [2.24, 2.45) is 17.3 Å². The van der Waals surface area contributed by atoms with Gasteiger partial charge in [-0.2, -0.15) is 0 Å². The van der Waals surface area contributed by atoms with Crippen LogP contribution in [0.5, 0.6) is 0 Å². The van der Waals surface area contributed by atoms with Crippen molar-refractivity contribution in [1.29, 1.82) is 0 Å². The Labute approximate surface area is 128 Å². The lowest BCUT2D eigenvalue weighted by molar-refractivity contribution is -0.147. The summed E-state index contributed by atoms with van der Waals surface area (Å²) < 4.78 is 45.5. The first kappa shape index (κ1) is 16.6. The fraction of sp³-hybridized carbons (Fsp3) is 0.471. The lowest BCUT2D eigenvalue weighted by Gasteiger charge is -2.10. The highest BCUT2D eigenvalue weighted by molar-refractivity contribution is 5.78. The second-order valence-electron chi connectivity index (χ2n) is 6.22. The number of allylic oxidation sites excluding steroid dienone is 2. The average molecular weight is 312 g/mol. The van der Waals surface area contributed by atoms with Crippen molar-refractivity contribution in [3.63, 3.8) is 0 Å². The van der Waals surface area contributed by atoms with Crippen molar-refractivity contribution >= 4 is 5.97 Å². The first-order valence-electron chi connectivity index (χ1n) is 7.14. The van der Waals surface area contributed by atoms with Crippen LogP contribution in [-0.4, -0.2) is 5.97 Å². The number of benzene rings is 1. The van der Waals surface area contributed by atoms with Gasteiger partial charge in [-0.1, -0.05) is 26.0 Å². The maximum Gasteiger partial charge on any atom is 0.310 e. The van der Waals surface area contributed by atoms with Gasteiger partial charge in [0.1, 0.15) is 12.4 Å². The normalized spacial score (nSPS) is 22.9. The van der Waals surface area contributed by atoms with E-state index in [4.69, 9.17) is 4.74 Å². The van der Waals surface area contributed by atoms with Crippen LogP contribution in [0.25, 0.3) is 0 Å². The zero-order chi connectivity index (χ0) is 16.7. The monoisotopic (exact) mass is 312 g/mol. The van der Waals surface area contributed by atoms with Crippen LogP contribution < -0.4 is 0 Å². The van der Waals surface area contributed by atoms with E-state index in [1.807, 2.05) is 32.9 Å².